The molecule has 0 aliphatic heterocycles. The van der Waals surface area contributed by atoms with Crippen LogP contribution in [0, 0.1) is 0 Å². The molecule has 5 heteroatoms. The number of ether oxygens (including phenoxy) is 1. The third kappa shape index (κ3) is 5.64. The molecule has 0 radical (unpaired) electrons. The zero-order chi connectivity index (χ0) is 18.2. The average molecular weight is 357 g/mol. The minimum atomic E-state index is -0.200. The van der Waals surface area contributed by atoms with Gasteiger partial charge in [-0.15, -0.1) is 11.8 Å². The van der Waals surface area contributed by atoms with Gasteiger partial charge in [-0.2, -0.15) is 0 Å². The number of ketones is 1. The van der Waals surface area contributed by atoms with Gasteiger partial charge >= 0.3 is 0 Å². The van der Waals surface area contributed by atoms with Crippen LogP contribution < -0.4 is 10.1 Å². The molecule has 0 bridgehead atoms. The van der Waals surface area contributed by atoms with Gasteiger partial charge in [-0.05, 0) is 61.9 Å². The first kappa shape index (κ1) is 19.1. The Hall–Kier alpha value is -2.27. The average Bonchev–Trinajstić information content (AvgIpc) is 2.62. The SMILES string of the molecule is CCCC(=O)Nc1ccc(C(=O)C(C)Sc2ccc(OC)cc2)cc1. The van der Waals surface area contributed by atoms with Crippen molar-refractivity contribution in [1.29, 1.82) is 0 Å². The first-order valence-corrected chi connectivity index (χ1v) is 9.16. The highest BCUT2D eigenvalue weighted by Crippen LogP contribution is 2.27. The van der Waals surface area contributed by atoms with E-state index in [0.717, 1.165) is 17.1 Å². The predicted molar refractivity (Wildman–Crippen MR) is 103 cm³/mol. The first-order chi connectivity index (χ1) is 12.0. The highest BCUT2D eigenvalue weighted by molar-refractivity contribution is 8.00. The molecule has 0 saturated carbocycles. The van der Waals surface area contributed by atoms with Crippen molar-refractivity contribution in [3.05, 3.63) is 54.1 Å². The van der Waals surface area contributed by atoms with Crippen LogP contribution >= 0.6 is 11.8 Å². The Labute approximate surface area is 153 Å². The van der Waals surface area contributed by atoms with Crippen LogP contribution in [-0.4, -0.2) is 24.1 Å². The number of anilines is 1. The molecule has 0 aromatic heterocycles. The van der Waals surface area contributed by atoms with Gasteiger partial charge in [-0.3, -0.25) is 9.59 Å². The lowest BCUT2D eigenvalue weighted by molar-refractivity contribution is -0.116. The number of carbonyl (C=O) groups is 2. The van der Waals surface area contributed by atoms with Crippen molar-refractivity contribution < 1.29 is 14.3 Å². The van der Waals surface area contributed by atoms with E-state index in [1.807, 2.05) is 38.1 Å². The summed E-state index contributed by atoms with van der Waals surface area (Å²) < 4.78 is 5.14. The summed E-state index contributed by atoms with van der Waals surface area (Å²) in [7, 11) is 1.63. The lowest BCUT2D eigenvalue weighted by Gasteiger charge is -2.11. The molecule has 0 spiro atoms. The molecule has 2 rings (SSSR count). The predicted octanol–water partition coefficient (Wildman–Crippen LogP) is 4.80. The van der Waals surface area contributed by atoms with E-state index >= 15 is 0 Å². The number of hydrogen-bond acceptors (Lipinski definition) is 4. The number of Topliss-reactive ketones (excluding diaryl/α,β-unsaturated/α-hetero) is 1. The molecule has 132 valence electrons. The molecule has 0 fully saturated rings. The smallest absolute Gasteiger partial charge is 0.224 e. The molecule has 2 aromatic carbocycles. The molecule has 1 atom stereocenters. The van der Waals surface area contributed by atoms with Crippen molar-refractivity contribution in [2.24, 2.45) is 0 Å². The second kappa shape index (κ2) is 9.28. The van der Waals surface area contributed by atoms with Gasteiger partial charge < -0.3 is 10.1 Å². The summed E-state index contributed by atoms with van der Waals surface area (Å²) in [6, 6.07) is 14.7. The Kier molecular flexibility index (Phi) is 7.07. The Morgan fingerprint density at radius 2 is 1.72 bits per heavy atom. The number of methoxy groups -OCH3 is 1. The number of hydrogen-bond donors (Lipinski definition) is 1. The van der Waals surface area contributed by atoms with E-state index < -0.39 is 0 Å². The maximum absolute atomic E-state index is 12.6. The van der Waals surface area contributed by atoms with Crippen molar-refractivity contribution in [3.8, 4) is 5.75 Å². The summed E-state index contributed by atoms with van der Waals surface area (Å²) in [4.78, 5) is 25.2. The van der Waals surface area contributed by atoms with E-state index in [4.69, 9.17) is 4.74 Å². The highest BCUT2D eigenvalue weighted by atomic mass is 32.2. The summed E-state index contributed by atoms with van der Waals surface area (Å²) in [5, 5.41) is 2.62. The first-order valence-electron chi connectivity index (χ1n) is 8.28. The Morgan fingerprint density at radius 1 is 1.08 bits per heavy atom. The van der Waals surface area contributed by atoms with Crippen molar-refractivity contribution in [1.82, 2.24) is 0 Å². The minimum absolute atomic E-state index is 0.00925. The van der Waals surface area contributed by atoms with Crippen molar-refractivity contribution >= 4 is 29.1 Å². The maximum atomic E-state index is 12.6. The molecule has 0 heterocycles. The molecule has 1 N–H and O–H groups in total. The zero-order valence-corrected chi connectivity index (χ0v) is 15.6. The molecule has 1 unspecified atom stereocenters. The van der Waals surface area contributed by atoms with E-state index in [-0.39, 0.29) is 16.9 Å². The Balaban J connectivity index is 1.97. The van der Waals surface area contributed by atoms with Crippen LogP contribution in [0.5, 0.6) is 5.75 Å². The monoisotopic (exact) mass is 357 g/mol. The number of amides is 1. The second-order valence-electron chi connectivity index (χ2n) is 5.68. The van der Waals surface area contributed by atoms with Gasteiger partial charge in [-0.1, -0.05) is 6.92 Å². The number of nitrogens with one attached hydrogen (secondary N) is 1. The third-order valence-corrected chi connectivity index (χ3v) is 4.78. The summed E-state index contributed by atoms with van der Waals surface area (Å²) in [5.41, 5.74) is 1.35. The summed E-state index contributed by atoms with van der Waals surface area (Å²) in [6.07, 6.45) is 1.30. The lowest BCUT2D eigenvalue weighted by Crippen LogP contribution is -2.14. The normalized spacial score (nSPS) is 11.6. The fourth-order valence-electron chi connectivity index (χ4n) is 2.32. The van der Waals surface area contributed by atoms with Gasteiger partial charge in [0.1, 0.15) is 5.75 Å². The van der Waals surface area contributed by atoms with Crippen LogP contribution in [0.1, 0.15) is 37.0 Å². The fraction of sp³-hybridized carbons (Fsp3) is 0.300. The van der Waals surface area contributed by atoms with Crippen LogP contribution in [-0.2, 0) is 4.79 Å². The number of carbonyl (C=O) groups excluding carboxylic acids is 2. The van der Waals surface area contributed by atoms with Gasteiger partial charge in [-0.25, -0.2) is 0 Å². The van der Waals surface area contributed by atoms with E-state index in [1.54, 1.807) is 31.4 Å². The molecular weight excluding hydrogens is 334 g/mol. The van der Waals surface area contributed by atoms with Gasteiger partial charge in [0.2, 0.25) is 5.91 Å². The zero-order valence-electron chi connectivity index (χ0n) is 14.7. The fourth-order valence-corrected chi connectivity index (χ4v) is 3.26. The van der Waals surface area contributed by atoms with Crippen LogP contribution in [0.2, 0.25) is 0 Å². The van der Waals surface area contributed by atoms with Crippen LogP contribution in [0.4, 0.5) is 5.69 Å². The van der Waals surface area contributed by atoms with Gasteiger partial charge in [0.15, 0.2) is 5.78 Å². The number of thioether (sulfide) groups is 1. The second-order valence-corrected chi connectivity index (χ2v) is 7.09. The van der Waals surface area contributed by atoms with Gasteiger partial charge in [0.25, 0.3) is 0 Å². The van der Waals surface area contributed by atoms with E-state index in [1.165, 1.54) is 11.8 Å². The molecule has 4 nitrogen and oxygen atoms in total. The molecular formula is C20H23NO3S. The van der Waals surface area contributed by atoms with E-state index in [2.05, 4.69) is 5.32 Å². The molecule has 0 aliphatic rings. The highest BCUT2D eigenvalue weighted by Gasteiger charge is 2.16. The van der Waals surface area contributed by atoms with Crippen LogP contribution in [0.3, 0.4) is 0 Å². The largest absolute Gasteiger partial charge is 0.497 e. The van der Waals surface area contributed by atoms with E-state index in [9.17, 15) is 9.59 Å². The summed E-state index contributed by atoms with van der Waals surface area (Å²) in [5.74, 6) is 0.848. The molecule has 1 amide bonds. The van der Waals surface area contributed by atoms with Crippen molar-refractivity contribution in [2.75, 3.05) is 12.4 Å². The van der Waals surface area contributed by atoms with Crippen LogP contribution in [0.25, 0.3) is 0 Å². The standard InChI is InChI=1S/C20H23NO3S/c1-4-5-19(22)21-16-8-6-15(7-9-16)20(23)14(2)25-18-12-10-17(24-3)11-13-18/h6-14H,4-5H2,1-3H3,(H,21,22). The van der Waals surface area contributed by atoms with E-state index in [0.29, 0.717) is 17.7 Å². The number of benzene rings is 2. The Morgan fingerprint density at radius 3 is 2.28 bits per heavy atom. The molecule has 0 aliphatic carbocycles. The van der Waals surface area contributed by atoms with Crippen molar-refractivity contribution in [3.63, 3.8) is 0 Å². The summed E-state index contributed by atoms with van der Waals surface area (Å²) in [6.45, 7) is 3.86. The van der Waals surface area contributed by atoms with Gasteiger partial charge in [0.05, 0.1) is 12.4 Å². The summed E-state index contributed by atoms with van der Waals surface area (Å²) >= 11 is 1.51. The third-order valence-electron chi connectivity index (χ3n) is 3.67. The lowest BCUT2D eigenvalue weighted by atomic mass is 10.1. The molecule has 25 heavy (non-hydrogen) atoms. The maximum Gasteiger partial charge on any atom is 0.224 e. The molecule has 0 saturated heterocycles. The van der Waals surface area contributed by atoms with Gasteiger partial charge in [0, 0.05) is 22.6 Å². The Bertz CT molecular complexity index is 711. The minimum Gasteiger partial charge on any atom is -0.497 e. The van der Waals surface area contributed by atoms with Crippen molar-refractivity contribution in [2.45, 2.75) is 36.8 Å². The van der Waals surface area contributed by atoms with Crippen LogP contribution in [0.15, 0.2) is 53.4 Å². The number of rotatable bonds is 8. The molecule has 2 aromatic rings. The quantitative estimate of drug-likeness (QED) is 0.545. The topological polar surface area (TPSA) is 55.4 Å².